The highest BCUT2D eigenvalue weighted by Crippen LogP contribution is 2.44. The van der Waals surface area contributed by atoms with Gasteiger partial charge in [0.15, 0.2) is 16.6 Å². The lowest BCUT2D eigenvalue weighted by Gasteiger charge is -2.50. The number of hydrogen-bond acceptors (Lipinski definition) is 3. The second-order valence-electron chi connectivity index (χ2n) is 19.1. The Kier molecular flexibility index (Phi) is 38.9. The van der Waals surface area contributed by atoms with E-state index < -0.39 is 33.8 Å². The highest BCUT2D eigenvalue weighted by molar-refractivity contribution is 6.92. The van der Waals surface area contributed by atoms with Gasteiger partial charge in [0.1, 0.15) is 0 Å². The summed E-state index contributed by atoms with van der Waals surface area (Å²) in [6, 6.07) is 13.1. The molecule has 0 aliphatic carbocycles. The van der Waals surface area contributed by atoms with Gasteiger partial charge < -0.3 is 12.3 Å². The largest absolute Gasteiger partial charge is 0.436 e. The van der Waals surface area contributed by atoms with Crippen LogP contribution in [0.5, 0.6) is 0 Å². The molecule has 0 spiro atoms. The summed E-state index contributed by atoms with van der Waals surface area (Å²) in [7, 11) is -9.39. The van der Waals surface area contributed by atoms with E-state index >= 15 is 0 Å². The molecule has 0 radical (unpaired) electrons. The molecule has 0 N–H and O–H groups in total. The number of hydrogen-bond donors (Lipinski definition) is 0. The normalized spacial score (nSPS) is 12.9. The van der Waals surface area contributed by atoms with Crippen LogP contribution < -0.4 is 0 Å². The molecule has 0 heterocycles. The van der Waals surface area contributed by atoms with Crippen LogP contribution >= 0.6 is 0 Å². The molecule has 0 amide bonds. The van der Waals surface area contributed by atoms with Crippen molar-refractivity contribution >= 4 is 33.8 Å². The van der Waals surface area contributed by atoms with E-state index in [2.05, 4.69) is 69.2 Å². The third-order valence-corrected chi connectivity index (χ3v) is 34.7. The zero-order chi connectivity index (χ0) is 42.4. The lowest BCUT2D eigenvalue weighted by molar-refractivity contribution is 0.286. The zero-order valence-electron chi connectivity index (χ0n) is 41.5. The highest BCUT2D eigenvalue weighted by atomic mass is 28.5. The number of rotatable bonds is 46. The average Bonchev–Trinajstić information content (AvgIpc) is 3.19. The molecule has 344 valence electrons. The second kappa shape index (κ2) is 38.4. The van der Waals surface area contributed by atoms with E-state index in [-0.39, 0.29) is 0 Å². The summed E-state index contributed by atoms with van der Waals surface area (Å²) < 4.78 is 25.8. The third-order valence-electron chi connectivity index (χ3n) is 13.2. The first-order valence-corrected chi connectivity index (χ1v) is 36.4. The molecule has 0 saturated carbocycles. The summed E-state index contributed by atoms with van der Waals surface area (Å²) in [5.41, 5.74) is 0. The van der Waals surface area contributed by atoms with Crippen molar-refractivity contribution in [2.24, 2.45) is 0 Å². The maximum absolute atomic E-state index is 8.66. The second-order valence-corrected chi connectivity index (χ2v) is 34.9. The summed E-state index contributed by atoms with van der Waals surface area (Å²) in [5, 5.41) is 0. The van der Waals surface area contributed by atoms with Crippen molar-refractivity contribution in [2.45, 2.75) is 322 Å². The maximum atomic E-state index is 8.66. The molecule has 7 heteroatoms. The molecule has 0 aromatic heterocycles. The summed E-state index contributed by atoms with van der Waals surface area (Å²) in [4.78, 5) is 0. The van der Waals surface area contributed by atoms with Crippen LogP contribution in [-0.4, -0.2) is 33.8 Å². The van der Waals surface area contributed by atoms with Crippen LogP contribution in [-0.2, 0) is 12.3 Å². The SMILES string of the molecule is CCCCC[Si](CCCCC)(CCCCC)O[Si](CCCCC)(CCCCC)O[Si](CCCCC)(CCCCC)O[Si](CCCCC)(CCCCC)CCCCC. The molecule has 0 aliphatic heterocycles. The lowest BCUT2D eigenvalue weighted by Crippen LogP contribution is -2.63. The van der Waals surface area contributed by atoms with Crippen LogP contribution in [0.3, 0.4) is 0 Å². The van der Waals surface area contributed by atoms with Gasteiger partial charge in [-0.3, -0.25) is 0 Å². The molecule has 0 fully saturated rings. The van der Waals surface area contributed by atoms with E-state index in [0.29, 0.717) is 0 Å². The van der Waals surface area contributed by atoms with Crippen LogP contribution in [0.2, 0.25) is 60.4 Å². The fourth-order valence-corrected chi connectivity index (χ4v) is 36.0. The van der Waals surface area contributed by atoms with Gasteiger partial charge in [-0.1, -0.05) is 262 Å². The van der Waals surface area contributed by atoms with Gasteiger partial charge in [0.05, 0.1) is 0 Å². The van der Waals surface area contributed by atoms with Crippen molar-refractivity contribution in [1.82, 2.24) is 0 Å². The Hall–Kier alpha value is 0.748. The molecule has 0 rings (SSSR count). The lowest BCUT2D eigenvalue weighted by atomic mass is 10.3. The minimum Gasteiger partial charge on any atom is -0.436 e. The zero-order valence-corrected chi connectivity index (χ0v) is 45.5. The fourth-order valence-electron chi connectivity index (χ4n) is 9.64. The van der Waals surface area contributed by atoms with Gasteiger partial charge in [0.2, 0.25) is 0 Å². The van der Waals surface area contributed by atoms with E-state index in [0.717, 1.165) is 0 Å². The van der Waals surface area contributed by atoms with Crippen LogP contribution in [0.1, 0.15) is 262 Å². The Morgan fingerprint density at radius 2 is 0.351 bits per heavy atom. The van der Waals surface area contributed by atoms with Gasteiger partial charge in [-0.25, -0.2) is 0 Å². The Labute approximate surface area is 366 Å². The average molecular weight is 872 g/mol. The van der Waals surface area contributed by atoms with Crippen molar-refractivity contribution < 1.29 is 12.3 Å². The minimum absolute atomic E-state index is 1.23. The van der Waals surface area contributed by atoms with Crippen LogP contribution in [0.4, 0.5) is 0 Å². The van der Waals surface area contributed by atoms with Crippen LogP contribution in [0.15, 0.2) is 0 Å². The molecular formula is C50H110O3Si4. The quantitative estimate of drug-likeness (QED) is 0.0451. The molecule has 0 bridgehead atoms. The van der Waals surface area contributed by atoms with Gasteiger partial charge in [-0.2, -0.15) is 0 Å². The topological polar surface area (TPSA) is 27.7 Å². The molecule has 0 aromatic carbocycles. The predicted molar refractivity (Wildman–Crippen MR) is 270 cm³/mol. The first-order chi connectivity index (χ1) is 27.7. The minimum atomic E-state index is -2.64. The number of unbranched alkanes of at least 4 members (excludes halogenated alkanes) is 20. The van der Waals surface area contributed by atoms with E-state index in [1.807, 2.05) is 0 Å². The smallest absolute Gasteiger partial charge is 0.319 e. The van der Waals surface area contributed by atoms with E-state index in [9.17, 15) is 0 Å². The molecule has 0 unspecified atom stereocenters. The Morgan fingerprint density at radius 1 is 0.193 bits per heavy atom. The van der Waals surface area contributed by atoms with Gasteiger partial charge in [0.25, 0.3) is 0 Å². The van der Waals surface area contributed by atoms with Crippen molar-refractivity contribution in [3.8, 4) is 0 Å². The van der Waals surface area contributed by atoms with Crippen molar-refractivity contribution in [2.75, 3.05) is 0 Å². The van der Waals surface area contributed by atoms with Gasteiger partial charge in [0, 0.05) is 0 Å². The molecule has 0 aromatic rings. The summed E-state index contributed by atoms with van der Waals surface area (Å²) in [6.45, 7) is 24.0. The third kappa shape index (κ3) is 27.4. The van der Waals surface area contributed by atoms with Crippen molar-refractivity contribution in [1.29, 1.82) is 0 Å². The summed E-state index contributed by atoms with van der Waals surface area (Å²) in [6.07, 6.45) is 39.7. The maximum Gasteiger partial charge on any atom is 0.319 e. The Morgan fingerprint density at radius 3 is 0.509 bits per heavy atom. The van der Waals surface area contributed by atoms with E-state index in [1.165, 1.54) is 253 Å². The molecule has 0 atom stereocenters. The van der Waals surface area contributed by atoms with Gasteiger partial charge >= 0.3 is 17.1 Å². The monoisotopic (exact) mass is 871 g/mol. The van der Waals surface area contributed by atoms with E-state index in [1.54, 1.807) is 0 Å². The summed E-state index contributed by atoms with van der Waals surface area (Å²) >= 11 is 0. The highest BCUT2D eigenvalue weighted by Gasteiger charge is 2.54. The van der Waals surface area contributed by atoms with Crippen LogP contribution in [0.25, 0.3) is 0 Å². The predicted octanol–water partition coefficient (Wildman–Crippen LogP) is 19.7. The molecule has 57 heavy (non-hydrogen) atoms. The molecule has 0 aliphatic rings. The van der Waals surface area contributed by atoms with E-state index in [4.69, 9.17) is 12.3 Å². The van der Waals surface area contributed by atoms with Crippen molar-refractivity contribution in [3.05, 3.63) is 0 Å². The Bertz CT molecular complexity index is 703. The molecule has 0 saturated heterocycles. The molecule has 3 nitrogen and oxygen atoms in total. The van der Waals surface area contributed by atoms with Crippen LogP contribution in [0, 0.1) is 0 Å². The van der Waals surface area contributed by atoms with Gasteiger partial charge in [-0.05, 0) is 60.4 Å². The Balaban J connectivity index is 7.99. The first kappa shape index (κ1) is 57.7. The van der Waals surface area contributed by atoms with Crippen molar-refractivity contribution in [3.63, 3.8) is 0 Å². The standard InChI is InChI=1S/C50H110O3Si4/c1-11-21-31-41-54(42-32-22-12-2,43-33-23-13-3)51-56(47-37-27-17-7,48-38-28-18-8)53-57(49-39-29-19-9,50-40-30-20-10)52-55(44-34-24-14-4,45-35-25-15-5)46-36-26-16-6/h11-50H2,1-10H3. The fraction of sp³-hybridized carbons (Fsp3) is 1.00. The van der Waals surface area contributed by atoms with Gasteiger partial charge in [-0.15, -0.1) is 0 Å². The first-order valence-electron chi connectivity index (χ1n) is 26.8. The summed E-state index contributed by atoms with van der Waals surface area (Å²) in [5.74, 6) is 0. The molecular weight excluding hydrogens is 761 g/mol.